The summed E-state index contributed by atoms with van der Waals surface area (Å²) in [5, 5.41) is 10.00. The van der Waals surface area contributed by atoms with Gasteiger partial charge in [-0.1, -0.05) is 38.8 Å². The Hall–Kier alpha value is -1.63. The molecule has 4 heteroatoms. The number of fused-ring (bicyclic) bond motifs is 1. The largest absolute Gasteiger partial charge is 0.458 e. The molecule has 4 nitrogen and oxygen atoms in total. The van der Waals surface area contributed by atoms with Crippen molar-refractivity contribution in [2.45, 2.75) is 90.6 Å². The number of nitrogens with zero attached hydrogens (tertiary/aromatic N) is 1. The van der Waals surface area contributed by atoms with Gasteiger partial charge < -0.3 is 4.74 Å². The van der Waals surface area contributed by atoms with Crippen molar-refractivity contribution in [2.75, 3.05) is 0 Å². The number of Topliss-reactive ketones (excluding diaryl/α,β-unsaturated/α-hetero) is 1. The van der Waals surface area contributed by atoms with Crippen molar-refractivity contribution in [1.82, 2.24) is 0 Å². The number of rotatable bonds is 3. The second kappa shape index (κ2) is 6.71. The second-order valence-electron chi connectivity index (χ2n) is 10.3. The van der Waals surface area contributed by atoms with Crippen LogP contribution in [0.1, 0.15) is 85.0 Å². The molecule has 0 aromatic carbocycles. The molecule has 0 bridgehead atoms. The Morgan fingerprint density at radius 1 is 1.21 bits per heavy atom. The molecule has 4 aliphatic rings. The average Bonchev–Trinajstić information content (AvgIpc) is 3.16. The Labute approximate surface area is 168 Å². The number of ether oxygens (including phenoxy) is 1. The average molecular weight is 384 g/mol. The first-order valence-electron chi connectivity index (χ1n) is 11.1. The van der Waals surface area contributed by atoms with E-state index in [1.165, 1.54) is 5.57 Å². The van der Waals surface area contributed by atoms with Gasteiger partial charge in [-0.3, -0.25) is 9.59 Å². The van der Waals surface area contributed by atoms with Crippen LogP contribution in [0.4, 0.5) is 0 Å². The highest BCUT2D eigenvalue weighted by atomic mass is 16.6. The van der Waals surface area contributed by atoms with Gasteiger partial charge in [-0.05, 0) is 55.8 Å². The number of carbonyl (C=O) groups excluding carboxylic acids is 2. The lowest BCUT2D eigenvalue weighted by Crippen LogP contribution is -2.49. The summed E-state index contributed by atoms with van der Waals surface area (Å²) >= 11 is 0. The van der Waals surface area contributed by atoms with E-state index in [2.05, 4.69) is 32.9 Å². The van der Waals surface area contributed by atoms with Crippen molar-refractivity contribution in [3.63, 3.8) is 0 Å². The van der Waals surface area contributed by atoms with Gasteiger partial charge in [0.2, 0.25) is 0 Å². The Balaban J connectivity index is 1.70. The third-order valence-corrected chi connectivity index (χ3v) is 8.84. The van der Waals surface area contributed by atoms with Crippen LogP contribution in [-0.4, -0.2) is 17.4 Å². The molecule has 1 spiro atoms. The van der Waals surface area contributed by atoms with Crippen molar-refractivity contribution >= 4 is 11.8 Å². The van der Waals surface area contributed by atoms with Crippen LogP contribution in [0, 0.1) is 39.9 Å². The van der Waals surface area contributed by atoms with E-state index in [0.29, 0.717) is 31.0 Å². The lowest BCUT2D eigenvalue weighted by atomic mass is 9.54. The Kier molecular flexibility index (Phi) is 4.72. The maximum Gasteiger partial charge on any atom is 0.306 e. The van der Waals surface area contributed by atoms with Crippen molar-refractivity contribution < 1.29 is 14.3 Å². The molecule has 2 unspecified atom stereocenters. The van der Waals surface area contributed by atoms with Crippen LogP contribution in [0.3, 0.4) is 0 Å². The van der Waals surface area contributed by atoms with Gasteiger partial charge in [-0.25, -0.2) is 0 Å². The molecular formula is C24H33NO3. The van der Waals surface area contributed by atoms with Crippen molar-refractivity contribution in [3.05, 3.63) is 11.6 Å². The van der Waals surface area contributed by atoms with Crippen molar-refractivity contribution in [2.24, 2.45) is 28.6 Å². The summed E-state index contributed by atoms with van der Waals surface area (Å²) in [6.07, 6.45) is 10.6. The summed E-state index contributed by atoms with van der Waals surface area (Å²) in [5.41, 5.74) is 0.836. The van der Waals surface area contributed by atoms with Gasteiger partial charge in [0, 0.05) is 24.7 Å². The molecule has 0 aromatic rings. The van der Waals surface area contributed by atoms with E-state index in [9.17, 15) is 14.9 Å². The Morgan fingerprint density at radius 2 is 2.00 bits per heavy atom. The highest BCUT2D eigenvalue weighted by Gasteiger charge is 2.63. The van der Waals surface area contributed by atoms with Gasteiger partial charge in [0.05, 0.1) is 12.0 Å². The predicted octanol–water partition coefficient (Wildman–Crippen LogP) is 5.12. The molecule has 3 aliphatic carbocycles. The van der Waals surface area contributed by atoms with Crippen LogP contribution in [-0.2, 0) is 14.3 Å². The van der Waals surface area contributed by atoms with Crippen LogP contribution >= 0.6 is 0 Å². The maximum absolute atomic E-state index is 12.1. The standard InChI is InChI=1S/C24H33NO3/c1-4-8-23(3)20(6-10-24(23)11-7-21(27)28-24)19-14-22(2)9-5-18(26)13-17(22)12-16(19)15-25/h12,16,19-20H,4-11,13-14H2,1-3H3/t16-,19?,20?,22+,23-,24+/m0/s1. The van der Waals surface area contributed by atoms with Crippen LogP contribution in [0.5, 0.6) is 0 Å². The molecular weight excluding hydrogens is 350 g/mol. The van der Waals surface area contributed by atoms with Gasteiger partial charge in [-0.15, -0.1) is 0 Å². The normalized spacial score (nSPS) is 45.5. The fourth-order valence-electron chi connectivity index (χ4n) is 7.25. The molecule has 152 valence electrons. The zero-order chi connectivity index (χ0) is 20.2. The van der Waals surface area contributed by atoms with E-state index in [0.717, 1.165) is 44.9 Å². The smallest absolute Gasteiger partial charge is 0.306 e. The van der Waals surface area contributed by atoms with Crippen LogP contribution in [0.2, 0.25) is 0 Å². The molecule has 3 fully saturated rings. The first kappa shape index (κ1) is 19.7. The minimum atomic E-state index is -0.335. The third kappa shape index (κ3) is 2.77. The number of hydrogen-bond donors (Lipinski definition) is 0. The van der Waals surface area contributed by atoms with E-state index >= 15 is 0 Å². The van der Waals surface area contributed by atoms with Gasteiger partial charge >= 0.3 is 5.97 Å². The fraction of sp³-hybridized carbons (Fsp3) is 0.792. The monoisotopic (exact) mass is 383 g/mol. The molecule has 0 N–H and O–H groups in total. The Morgan fingerprint density at radius 3 is 2.64 bits per heavy atom. The Bertz CT molecular complexity index is 764. The third-order valence-electron chi connectivity index (χ3n) is 8.84. The SMILES string of the molecule is CCC[C@@]1(C)C(C2C[C@@]3(C)CCC(=O)CC3=C[C@H]2C#N)CC[C@@]12CCC(=O)O2. The van der Waals surface area contributed by atoms with Crippen molar-refractivity contribution in [3.8, 4) is 6.07 Å². The van der Waals surface area contributed by atoms with Crippen LogP contribution in [0.15, 0.2) is 11.6 Å². The molecule has 1 saturated heterocycles. The first-order chi connectivity index (χ1) is 13.3. The van der Waals surface area contributed by atoms with E-state index in [1.54, 1.807) is 0 Å². The highest BCUT2D eigenvalue weighted by molar-refractivity contribution is 5.82. The summed E-state index contributed by atoms with van der Waals surface area (Å²) in [6.45, 7) is 6.83. The quantitative estimate of drug-likeness (QED) is 0.501. The number of carbonyl (C=O) groups is 2. The van der Waals surface area contributed by atoms with Gasteiger partial charge in [0.15, 0.2) is 0 Å². The number of allylic oxidation sites excluding steroid dienone is 2. The molecule has 6 atom stereocenters. The van der Waals surface area contributed by atoms with E-state index in [4.69, 9.17) is 4.74 Å². The molecule has 28 heavy (non-hydrogen) atoms. The zero-order valence-corrected chi connectivity index (χ0v) is 17.6. The molecule has 0 aromatic heterocycles. The molecule has 0 radical (unpaired) electrons. The summed E-state index contributed by atoms with van der Waals surface area (Å²) in [4.78, 5) is 24.1. The molecule has 1 heterocycles. The minimum Gasteiger partial charge on any atom is -0.458 e. The van der Waals surface area contributed by atoms with Crippen LogP contribution < -0.4 is 0 Å². The number of esters is 1. The van der Waals surface area contributed by atoms with Gasteiger partial charge in [0.1, 0.15) is 11.4 Å². The fourth-order valence-corrected chi connectivity index (χ4v) is 7.25. The predicted molar refractivity (Wildman–Crippen MR) is 106 cm³/mol. The highest BCUT2D eigenvalue weighted by Crippen LogP contribution is 2.64. The summed E-state index contributed by atoms with van der Waals surface area (Å²) in [7, 11) is 0. The van der Waals surface area contributed by atoms with E-state index in [1.807, 2.05) is 0 Å². The zero-order valence-electron chi connectivity index (χ0n) is 17.6. The summed E-state index contributed by atoms with van der Waals surface area (Å²) < 4.78 is 6.03. The van der Waals surface area contributed by atoms with E-state index < -0.39 is 0 Å². The summed E-state index contributed by atoms with van der Waals surface area (Å²) in [6, 6.07) is 2.57. The molecule has 0 amide bonds. The van der Waals surface area contributed by atoms with Gasteiger partial charge in [0.25, 0.3) is 0 Å². The van der Waals surface area contributed by atoms with Gasteiger partial charge in [-0.2, -0.15) is 5.26 Å². The topological polar surface area (TPSA) is 67.2 Å². The second-order valence-corrected chi connectivity index (χ2v) is 10.3. The molecule has 1 aliphatic heterocycles. The minimum absolute atomic E-state index is 0.0428. The molecule has 4 rings (SSSR count). The van der Waals surface area contributed by atoms with E-state index in [-0.39, 0.29) is 34.2 Å². The first-order valence-corrected chi connectivity index (χ1v) is 11.1. The van der Waals surface area contributed by atoms with Crippen LogP contribution in [0.25, 0.3) is 0 Å². The lowest BCUT2D eigenvalue weighted by molar-refractivity contribution is -0.161. The lowest BCUT2D eigenvalue weighted by Gasteiger charge is -2.50. The number of nitriles is 1. The number of ketones is 1. The summed E-state index contributed by atoms with van der Waals surface area (Å²) in [5.74, 6) is 0.788. The van der Waals surface area contributed by atoms with Crippen molar-refractivity contribution in [1.29, 1.82) is 5.26 Å². The number of hydrogen-bond acceptors (Lipinski definition) is 4. The maximum atomic E-state index is 12.1. The molecule has 2 saturated carbocycles.